The summed E-state index contributed by atoms with van der Waals surface area (Å²) in [6.07, 6.45) is 2.26. The first-order chi connectivity index (χ1) is 5.40. The van der Waals surface area contributed by atoms with Gasteiger partial charge in [-0.05, 0) is 29.9 Å². The highest BCUT2D eigenvalue weighted by atomic mass is 14.6. The third-order valence-corrected chi connectivity index (χ3v) is 2.35. The molecule has 0 saturated heterocycles. The van der Waals surface area contributed by atoms with Crippen LogP contribution in [0.2, 0.25) is 0 Å². The fourth-order valence-corrected chi connectivity index (χ4v) is 1.73. The number of nitrogens with two attached hydrogens (primary N) is 1. The van der Waals surface area contributed by atoms with Gasteiger partial charge in [0.1, 0.15) is 0 Å². The Hall–Kier alpha value is -0.820. The Morgan fingerprint density at radius 2 is 1.73 bits per heavy atom. The molecule has 0 aliphatic heterocycles. The molecule has 11 heavy (non-hydrogen) atoms. The van der Waals surface area contributed by atoms with Crippen LogP contribution in [-0.2, 0) is 12.8 Å². The summed E-state index contributed by atoms with van der Waals surface area (Å²) in [5, 5.41) is 0. The minimum atomic E-state index is 0.576. The summed E-state index contributed by atoms with van der Waals surface area (Å²) < 4.78 is 0. The van der Waals surface area contributed by atoms with Crippen LogP contribution < -0.4 is 5.73 Å². The fourth-order valence-electron chi connectivity index (χ4n) is 1.73. The zero-order chi connectivity index (χ0) is 7.68. The molecule has 0 spiro atoms. The van der Waals surface area contributed by atoms with Crippen LogP contribution >= 0.6 is 0 Å². The van der Waals surface area contributed by atoms with Crippen LogP contribution in [0.3, 0.4) is 0 Å². The van der Waals surface area contributed by atoms with Gasteiger partial charge >= 0.3 is 0 Å². The maximum atomic E-state index is 5.49. The molecule has 1 aromatic rings. The zero-order valence-electron chi connectivity index (χ0n) is 6.46. The zero-order valence-corrected chi connectivity index (χ0v) is 6.46. The second-order valence-electron chi connectivity index (χ2n) is 3.13. The van der Waals surface area contributed by atoms with E-state index >= 15 is 0 Å². The monoisotopic (exact) mass is 146 g/mol. The van der Waals surface area contributed by atoms with Gasteiger partial charge in [-0.2, -0.15) is 0 Å². The first-order valence-corrected chi connectivity index (χ1v) is 4.02. The first kappa shape index (κ1) is 6.86. The predicted octanol–water partition coefficient (Wildman–Crippen LogP) is 1.52. The molecule has 1 aliphatic rings. The third-order valence-electron chi connectivity index (χ3n) is 2.35. The summed E-state index contributed by atoms with van der Waals surface area (Å²) in [7, 11) is 0. The lowest BCUT2D eigenvalue weighted by molar-refractivity contribution is 0.643. The van der Waals surface area contributed by atoms with E-state index in [1.165, 1.54) is 11.1 Å². The van der Waals surface area contributed by atoms with Crippen molar-refractivity contribution >= 4 is 0 Å². The Kier molecular flexibility index (Phi) is 1.66. The van der Waals surface area contributed by atoms with Gasteiger partial charge in [0.25, 0.3) is 0 Å². The highest BCUT2D eigenvalue weighted by Crippen LogP contribution is 2.26. The normalized spacial score (nSPS) is 16.8. The quantitative estimate of drug-likeness (QED) is 0.638. The van der Waals surface area contributed by atoms with E-state index in [0.29, 0.717) is 5.92 Å². The van der Waals surface area contributed by atoms with Crippen LogP contribution in [0.1, 0.15) is 11.1 Å². The molecule has 1 aromatic carbocycles. The average Bonchev–Trinajstić information content (AvgIpc) is 2.46. The lowest BCUT2D eigenvalue weighted by atomic mass is 10.1. The highest BCUT2D eigenvalue weighted by molar-refractivity contribution is 5.32. The van der Waals surface area contributed by atoms with Gasteiger partial charge in [-0.15, -0.1) is 0 Å². The van der Waals surface area contributed by atoms with Crippen molar-refractivity contribution in [3.63, 3.8) is 0 Å². The van der Waals surface area contributed by atoms with E-state index in [-0.39, 0.29) is 0 Å². The molecule has 57 valence electrons. The minimum absolute atomic E-state index is 0.576. The van der Waals surface area contributed by atoms with Crippen molar-refractivity contribution in [1.82, 2.24) is 0 Å². The van der Waals surface area contributed by atoms with E-state index in [2.05, 4.69) is 24.3 Å². The van der Waals surface area contributed by atoms with E-state index in [9.17, 15) is 0 Å². The molecule has 0 aromatic heterocycles. The van der Waals surface area contributed by atoms with Gasteiger partial charge in [0.2, 0.25) is 0 Å². The van der Waals surface area contributed by atoms with Gasteiger partial charge in [-0.3, -0.25) is 0 Å². The number of rotatable bonds is 1. The van der Waals surface area contributed by atoms with Crippen LogP contribution in [0.4, 0.5) is 0 Å². The Labute approximate surface area is 67.2 Å². The molecule has 0 bridgehead atoms. The Morgan fingerprint density at radius 3 is 2.18 bits per heavy atom. The summed E-state index contributed by atoms with van der Waals surface area (Å²) >= 11 is 0. The maximum absolute atomic E-state index is 5.49. The number of hydrogen-bond acceptors (Lipinski definition) is 1. The second-order valence-corrected chi connectivity index (χ2v) is 3.13. The van der Waals surface area contributed by atoms with Crippen molar-refractivity contribution in [3.8, 4) is 0 Å². The van der Waals surface area contributed by atoms with E-state index in [0.717, 1.165) is 12.8 Å². The molecular weight excluding hydrogens is 134 g/mol. The molecule has 0 saturated carbocycles. The minimum Gasteiger partial charge on any atom is -0.326 e. The summed E-state index contributed by atoms with van der Waals surface area (Å²) in [6.45, 7) is 1.82. The number of fused-ring (bicyclic) bond motifs is 1. The topological polar surface area (TPSA) is 26.0 Å². The van der Waals surface area contributed by atoms with Gasteiger partial charge in [-0.1, -0.05) is 24.3 Å². The fraction of sp³-hybridized carbons (Fsp3) is 0.300. The Bertz CT molecular complexity index is 230. The lowest BCUT2D eigenvalue weighted by Gasteiger charge is -2.00. The van der Waals surface area contributed by atoms with Gasteiger partial charge in [0, 0.05) is 6.54 Å². The largest absolute Gasteiger partial charge is 0.326 e. The van der Waals surface area contributed by atoms with Crippen molar-refractivity contribution in [2.75, 3.05) is 0 Å². The molecular formula is C10H12N. The summed E-state index contributed by atoms with van der Waals surface area (Å²) in [5.74, 6) is 0.576. The smallest absolute Gasteiger partial charge is 0.0230 e. The first-order valence-electron chi connectivity index (χ1n) is 4.02. The molecule has 1 radical (unpaired) electrons. The molecule has 2 rings (SSSR count). The van der Waals surface area contributed by atoms with E-state index in [4.69, 9.17) is 5.73 Å². The van der Waals surface area contributed by atoms with Crippen molar-refractivity contribution in [2.24, 2.45) is 11.7 Å². The summed E-state index contributed by atoms with van der Waals surface area (Å²) in [5.41, 5.74) is 8.43. The van der Waals surface area contributed by atoms with Crippen LogP contribution in [0, 0.1) is 12.5 Å². The molecule has 0 fully saturated rings. The van der Waals surface area contributed by atoms with Crippen molar-refractivity contribution < 1.29 is 0 Å². The molecule has 0 unspecified atom stereocenters. The molecule has 1 heteroatoms. The molecule has 0 atom stereocenters. The van der Waals surface area contributed by atoms with Crippen LogP contribution in [-0.4, -0.2) is 0 Å². The summed E-state index contributed by atoms with van der Waals surface area (Å²) in [4.78, 5) is 0. The standard InChI is InChI=1S/C10H12N/c11-7-8-5-9-3-1-2-4-10(9)6-8/h1-4,7-8H,5-6,11H2. The molecule has 1 nitrogen and oxygen atoms in total. The van der Waals surface area contributed by atoms with Crippen molar-refractivity contribution in [1.29, 1.82) is 0 Å². The molecule has 0 heterocycles. The Morgan fingerprint density at radius 1 is 1.18 bits per heavy atom. The second kappa shape index (κ2) is 2.67. The van der Waals surface area contributed by atoms with Crippen molar-refractivity contribution in [3.05, 3.63) is 41.9 Å². The average molecular weight is 146 g/mol. The van der Waals surface area contributed by atoms with Gasteiger partial charge in [-0.25, -0.2) is 0 Å². The molecule has 0 amide bonds. The van der Waals surface area contributed by atoms with Gasteiger partial charge in [0.15, 0.2) is 0 Å². The van der Waals surface area contributed by atoms with Gasteiger partial charge < -0.3 is 5.73 Å². The van der Waals surface area contributed by atoms with Crippen LogP contribution in [0.15, 0.2) is 24.3 Å². The van der Waals surface area contributed by atoms with Gasteiger partial charge in [0.05, 0.1) is 0 Å². The van der Waals surface area contributed by atoms with E-state index in [1.54, 1.807) is 0 Å². The highest BCUT2D eigenvalue weighted by Gasteiger charge is 2.18. The number of hydrogen-bond donors (Lipinski definition) is 1. The van der Waals surface area contributed by atoms with E-state index in [1.807, 2.05) is 6.54 Å². The maximum Gasteiger partial charge on any atom is 0.0230 e. The van der Waals surface area contributed by atoms with E-state index < -0.39 is 0 Å². The third kappa shape index (κ3) is 1.16. The number of benzene rings is 1. The molecule has 1 aliphatic carbocycles. The van der Waals surface area contributed by atoms with Crippen LogP contribution in [0.25, 0.3) is 0 Å². The SMILES string of the molecule is N[CH]C1Cc2ccccc2C1. The van der Waals surface area contributed by atoms with Crippen LogP contribution in [0.5, 0.6) is 0 Å². The Balaban J connectivity index is 2.27. The molecule has 2 N–H and O–H groups in total. The summed E-state index contributed by atoms with van der Waals surface area (Å²) in [6, 6.07) is 8.58. The lowest BCUT2D eigenvalue weighted by Crippen LogP contribution is -2.06. The van der Waals surface area contributed by atoms with Crippen molar-refractivity contribution in [2.45, 2.75) is 12.8 Å². The predicted molar refractivity (Wildman–Crippen MR) is 45.8 cm³/mol.